The van der Waals surface area contributed by atoms with E-state index in [4.69, 9.17) is 5.11 Å². The average Bonchev–Trinajstić information content (AvgIpc) is 2.88. The Labute approximate surface area is 128 Å². The van der Waals surface area contributed by atoms with Crippen LogP contribution in [0.25, 0.3) is 0 Å². The van der Waals surface area contributed by atoms with Crippen LogP contribution in [0.5, 0.6) is 0 Å². The molecule has 0 unspecified atom stereocenters. The number of alkyl halides is 3. The molecule has 0 fully saturated rings. The molecule has 2 aromatic rings. The van der Waals surface area contributed by atoms with E-state index in [1.54, 1.807) is 0 Å². The third-order valence-corrected chi connectivity index (χ3v) is 3.55. The quantitative estimate of drug-likeness (QED) is 0.873. The molecule has 23 heavy (non-hydrogen) atoms. The highest BCUT2D eigenvalue weighted by Gasteiger charge is 2.34. The maximum absolute atomic E-state index is 12.9. The van der Waals surface area contributed by atoms with Crippen molar-refractivity contribution < 1.29 is 23.1 Å². The smallest absolute Gasteiger partial charge is 0.433 e. The van der Waals surface area contributed by atoms with Gasteiger partial charge in [-0.1, -0.05) is 0 Å². The van der Waals surface area contributed by atoms with Gasteiger partial charge in [-0.15, -0.1) is 0 Å². The molecule has 0 saturated heterocycles. The number of hydrogen-bond donors (Lipinski definition) is 2. The SMILES string of the molecule is Cc1cc(C(F)(F)F)nc(N2CCc3[nH]nc(C(=O)O)c3C2)n1. The Bertz CT molecular complexity index is 771. The van der Waals surface area contributed by atoms with Crippen molar-refractivity contribution in [3.8, 4) is 0 Å². The number of aromatic carboxylic acids is 1. The summed E-state index contributed by atoms with van der Waals surface area (Å²) >= 11 is 0. The molecule has 0 aromatic carbocycles. The Morgan fingerprint density at radius 3 is 2.78 bits per heavy atom. The van der Waals surface area contributed by atoms with Crippen LogP contribution in [-0.2, 0) is 19.1 Å². The van der Waals surface area contributed by atoms with Gasteiger partial charge < -0.3 is 10.0 Å². The zero-order chi connectivity index (χ0) is 16.8. The third kappa shape index (κ3) is 2.83. The molecule has 0 saturated carbocycles. The number of aromatic nitrogens is 4. The van der Waals surface area contributed by atoms with Crippen molar-refractivity contribution in [3.63, 3.8) is 0 Å². The van der Waals surface area contributed by atoms with Crippen LogP contribution in [-0.4, -0.2) is 37.8 Å². The number of nitrogens with zero attached hydrogens (tertiary/aromatic N) is 4. The first-order chi connectivity index (χ1) is 10.8. The highest BCUT2D eigenvalue weighted by molar-refractivity contribution is 5.87. The molecule has 0 amide bonds. The predicted octanol–water partition coefficient (Wildman–Crippen LogP) is 1.79. The molecule has 7 nitrogen and oxygen atoms in total. The minimum absolute atomic E-state index is 0.0690. The van der Waals surface area contributed by atoms with Crippen molar-refractivity contribution in [2.45, 2.75) is 26.1 Å². The van der Waals surface area contributed by atoms with Gasteiger partial charge in [0.15, 0.2) is 5.69 Å². The molecule has 10 heteroatoms. The summed E-state index contributed by atoms with van der Waals surface area (Å²) in [5.74, 6) is -1.26. The van der Waals surface area contributed by atoms with Crippen molar-refractivity contribution in [2.24, 2.45) is 0 Å². The van der Waals surface area contributed by atoms with Crippen molar-refractivity contribution in [3.05, 3.63) is 34.4 Å². The Hall–Kier alpha value is -2.65. The molecule has 0 spiro atoms. The number of anilines is 1. The molecular weight excluding hydrogens is 315 g/mol. The van der Waals surface area contributed by atoms with Gasteiger partial charge >= 0.3 is 12.1 Å². The Kier molecular flexibility index (Phi) is 3.46. The zero-order valence-corrected chi connectivity index (χ0v) is 12.0. The number of aryl methyl sites for hydroxylation is 1. The van der Waals surface area contributed by atoms with Gasteiger partial charge in [0.05, 0.1) is 6.54 Å². The van der Waals surface area contributed by atoms with Crippen LogP contribution < -0.4 is 4.90 Å². The summed E-state index contributed by atoms with van der Waals surface area (Å²) < 4.78 is 38.6. The molecule has 0 bridgehead atoms. The van der Waals surface area contributed by atoms with E-state index in [-0.39, 0.29) is 23.9 Å². The van der Waals surface area contributed by atoms with Gasteiger partial charge in [0, 0.05) is 29.9 Å². The lowest BCUT2D eigenvalue weighted by Gasteiger charge is -2.27. The molecule has 122 valence electrons. The Balaban J connectivity index is 1.96. The fraction of sp³-hybridized carbons (Fsp3) is 0.385. The first-order valence-corrected chi connectivity index (χ1v) is 6.73. The van der Waals surface area contributed by atoms with Gasteiger partial charge in [-0.3, -0.25) is 5.10 Å². The van der Waals surface area contributed by atoms with Crippen molar-refractivity contribution >= 4 is 11.9 Å². The van der Waals surface area contributed by atoms with Crippen LogP contribution in [0.2, 0.25) is 0 Å². The van der Waals surface area contributed by atoms with Gasteiger partial charge in [-0.05, 0) is 13.0 Å². The maximum atomic E-state index is 12.9. The number of aromatic amines is 1. The lowest BCUT2D eigenvalue weighted by Crippen LogP contribution is -2.33. The van der Waals surface area contributed by atoms with Crippen molar-refractivity contribution in [2.75, 3.05) is 11.4 Å². The Morgan fingerprint density at radius 1 is 1.39 bits per heavy atom. The summed E-state index contributed by atoms with van der Waals surface area (Å²) in [6.45, 7) is 1.92. The minimum atomic E-state index is -4.56. The van der Waals surface area contributed by atoms with Gasteiger partial charge in [-0.25, -0.2) is 14.8 Å². The fourth-order valence-electron chi connectivity index (χ4n) is 2.48. The highest BCUT2D eigenvalue weighted by Crippen LogP contribution is 2.30. The van der Waals surface area contributed by atoms with E-state index in [1.165, 1.54) is 11.8 Å². The summed E-state index contributed by atoms with van der Waals surface area (Å²) in [5.41, 5.74) is 0.161. The van der Waals surface area contributed by atoms with Crippen LogP contribution in [0.1, 0.15) is 33.1 Å². The number of rotatable bonds is 2. The van der Waals surface area contributed by atoms with E-state index in [9.17, 15) is 18.0 Å². The molecule has 3 heterocycles. The lowest BCUT2D eigenvalue weighted by molar-refractivity contribution is -0.141. The summed E-state index contributed by atoms with van der Waals surface area (Å²) in [6, 6.07) is 0.874. The normalized spacial score (nSPS) is 14.7. The molecule has 3 rings (SSSR count). The summed E-state index contributed by atoms with van der Waals surface area (Å²) in [7, 11) is 0. The van der Waals surface area contributed by atoms with E-state index in [1.807, 2.05) is 0 Å². The monoisotopic (exact) mass is 327 g/mol. The molecular formula is C13H12F3N5O2. The van der Waals surface area contributed by atoms with Crippen molar-refractivity contribution in [1.29, 1.82) is 0 Å². The molecule has 1 aliphatic rings. The van der Waals surface area contributed by atoms with Crippen LogP contribution in [0, 0.1) is 6.92 Å². The second kappa shape index (κ2) is 5.21. The van der Waals surface area contributed by atoms with Gasteiger partial charge in [0.25, 0.3) is 0 Å². The predicted molar refractivity (Wildman–Crippen MR) is 72.1 cm³/mol. The van der Waals surface area contributed by atoms with E-state index >= 15 is 0 Å². The molecule has 0 radical (unpaired) electrons. The fourth-order valence-corrected chi connectivity index (χ4v) is 2.48. The molecule has 0 atom stereocenters. The molecule has 1 aliphatic heterocycles. The zero-order valence-electron chi connectivity index (χ0n) is 12.0. The van der Waals surface area contributed by atoms with E-state index in [0.29, 0.717) is 24.2 Å². The molecule has 2 aromatic heterocycles. The number of halogens is 3. The number of carboxylic acids is 1. The van der Waals surface area contributed by atoms with Gasteiger partial charge in [-0.2, -0.15) is 18.3 Å². The summed E-state index contributed by atoms with van der Waals surface area (Å²) in [4.78, 5) is 20.3. The minimum Gasteiger partial charge on any atom is -0.476 e. The Morgan fingerprint density at radius 2 is 2.13 bits per heavy atom. The number of H-pyrrole nitrogens is 1. The van der Waals surface area contributed by atoms with Crippen LogP contribution in [0.3, 0.4) is 0 Å². The lowest BCUT2D eigenvalue weighted by atomic mass is 10.1. The first kappa shape index (κ1) is 15.3. The van der Waals surface area contributed by atoms with Crippen LogP contribution in [0.15, 0.2) is 6.07 Å². The van der Waals surface area contributed by atoms with Crippen molar-refractivity contribution in [1.82, 2.24) is 20.2 Å². The highest BCUT2D eigenvalue weighted by atomic mass is 19.4. The largest absolute Gasteiger partial charge is 0.476 e. The van der Waals surface area contributed by atoms with E-state index < -0.39 is 17.8 Å². The second-order valence-electron chi connectivity index (χ2n) is 5.20. The van der Waals surface area contributed by atoms with Crippen LogP contribution in [0.4, 0.5) is 19.1 Å². The number of fused-ring (bicyclic) bond motifs is 1. The number of hydrogen-bond acceptors (Lipinski definition) is 5. The third-order valence-electron chi connectivity index (χ3n) is 3.55. The van der Waals surface area contributed by atoms with E-state index in [0.717, 1.165) is 6.07 Å². The molecule has 2 N–H and O–H groups in total. The van der Waals surface area contributed by atoms with Crippen LogP contribution >= 0.6 is 0 Å². The average molecular weight is 327 g/mol. The number of nitrogens with one attached hydrogen (secondary N) is 1. The van der Waals surface area contributed by atoms with E-state index in [2.05, 4.69) is 20.2 Å². The van der Waals surface area contributed by atoms with Gasteiger partial charge in [0.1, 0.15) is 5.69 Å². The maximum Gasteiger partial charge on any atom is 0.433 e. The summed E-state index contributed by atoms with van der Waals surface area (Å²) in [5, 5.41) is 15.5. The topological polar surface area (TPSA) is 95.0 Å². The molecule has 0 aliphatic carbocycles. The standard InChI is InChI=1S/C13H12F3N5O2/c1-6-4-9(13(14,15)16)18-12(17-6)21-3-2-8-7(5-21)10(11(22)23)20-19-8/h4H,2-3,5H2,1H3,(H,19,20)(H,22,23). The van der Waals surface area contributed by atoms with Gasteiger partial charge in [0.2, 0.25) is 5.95 Å². The first-order valence-electron chi connectivity index (χ1n) is 6.73. The number of carboxylic acid groups (broad SMARTS) is 1. The second-order valence-corrected chi connectivity index (χ2v) is 5.20. The summed E-state index contributed by atoms with van der Waals surface area (Å²) in [6.07, 6.45) is -4.14. The number of carbonyl (C=O) groups is 1.